The molecule has 5 rings (SSSR count). The standard InChI is InChI=1S/C27H29ClN6O3/c28-19-3-1-4-21(17-19)31-27(35)30-20-7-5-18(6-8-20)22-9-10-23(25-24(22)26(29)33-32-25)37-14-2-11-34-12-15-36-16-13-34/h1,3-10,17H,2,11-16H2,(H3,29,32,33)(H2,30,31,35). The lowest BCUT2D eigenvalue weighted by Gasteiger charge is -2.26. The quantitative estimate of drug-likeness (QED) is 0.237. The smallest absolute Gasteiger partial charge is 0.323 e. The second-order valence-corrected chi connectivity index (χ2v) is 9.23. The molecule has 0 spiro atoms. The number of morpholine rings is 1. The molecule has 5 N–H and O–H groups in total. The highest BCUT2D eigenvalue weighted by molar-refractivity contribution is 6.30. The van der Waals surface area contributed by atoms with E-state index in [-0.39, 0.29) is 6.03 Å². The molecule has 1 aliphatic rings. The molecule has 10 heteroatoms. The van der Waals surface area contributed by atoms with Crippen LogP contribution in [0.4, 0.5) is 22.0 Å². The Labute approximate surface area is 219 Å². The van der Waals surface area contributed by atoms with E-state index in [9.17, 15) is 4.79 Å². The molecule has 1 fully saturated rings. The lowest BCUT2D eigenvalue weighted by Crippen LogP contribution is -2.37. The summed E-state index contributed by atoms with van der Waals surface area (Å²) in [6.07, 6.45) is 0.923. The number of carbonyl (C=O) groups excluding carboxylic acids is 1. The van der Waals surface area contributed by atoms with Crippen LogP contribution in [-0.4, -0.2) is 60.6 Å². The summed E-state index contributed by atoms with van der Waals surface area (Å²) in [7, 11) is 0. The molecule has 9 nitrogen and oxygen atoms in total. The van der Waals surface area contributed by atoms with Gasteiger partial charge in [-0.15, -0.1) is 0 Å². The fourth-order valence-corrected chi connectivity index (χ4v) is 4.57. The van der Waals surface area contributed by atoms with E-state index >= 15 is 0 Å². The van der Waals surface area contributed by atoms with Crippen LogP contribution >= 0.6 is 11.6 Å². The van der Waals surface area contributed by atoms with Gasteiger partial charge in [-0.3, -0.25) is 10.00 Å². The normalized spacial score (nSPS) is 14.0. The number of fused-ring (bicyclic) bond motifs is 1. The van der Waals surface area contributed by atoms with Gasteiger partial charge >= 0.3 is 6.03 Å². The SMILES string of the molecule is Nc1n[nH]c2c(OCCCN3CCOCC3)ccc(-c3ccc(NC(=O)Nc4cccc(Cl)c4)cc3)c12. The Kier molecular flexibility index (Phi) is 7.74. The van der Waals surface area contributed by atoms with E-state index in [1.165, 1.54) is 0 Å². The first-order valence-corrected chi connectivity index (χ1v) is 12.6. The fourth-order valence-electron chi connectivity index (χ4n) is 4.38. The molecule has 1 aromatic heterocycles. The Hall–Kier alpha value is -3.79. The second-order valence-electron chi connectivity index (χ2n) is 8.79. The van der Waals surface area contributed by atoms with Gasteiger partial charge in [-0.05, 0) is 60.0 Å². The third-order valence-electron chi connectivity index (χ3n) is 6.23. The number of hydrogen-bond acceptors (Lipinski definition) is 6. The van der Waals surface area contributed by atoms with Gasteiger partial charge in [-0.25, -0.2) is 4.79 Å². The fraction of sp³-hybridized carbons (Fsp3) is 0.259. The van der Waals surface area contributed by atoms with Crippen molar-refractivity contribution < 1.29 is 14.3 Å². The minimum Gasteiger partial charge on any atom is -0.491 e. The molecule has 37 heavy (non-hydrogen) atoms. The highest BCUT2D eigenvalue weighted by atomic mass is 35.5. The molecule has 0 bridgehead atoms. The lowest BCUT2D eigenvalue weighted by atomic mass is 10.0. The minimum atomic E-state index is -0.355. The summed E-state index contributed by atoms with van der Waals surface area (Å²) in [5.41, 5.74) is 10.1. The van der Waals surface area contributed by atoms with Crippen LogP contribution in [-0.2, 0) is 4.74 Å². The number of nitrogen functional groups attached to an aromatic ring is 1. The number of nitrogens with two attached hydrogens (primary N) is 1. The van der Waals surface area contributed by atoms with Crippen LogP contribution in [0.15, 0.2) is 60.7 Å². The molecule has 0 saturated carbocycles. The third kappa shape index (κ3) is 6.14. The number of aromatic nitrogens is 2. The second kappa shape index (κ2) is 11.5. The molecule has 3 aromatic carbocycles. The summed E-state index contributed by atoms with van der Waals surface area (Å²) in [5.74, 6) is 1.13. The summed E-state index contributed by atoms with van der Waals surface area (Å²) >= 11 is 5.98. The van der Waals surface area contributed by atoms with Crippen LogP contribution in [0.25, 0.3) is 22.0 Å². The van der Waals surface area contributed by atoms with Crippen molar-refractivity contribution in [2.75, 3.05) is 55.8 Å². The van der Waals surface area contributed by atoms with Gasteiger partial charge in [0.2, 0.25) is 0 Å². The molecule has 0 atom stereocenters. The first-order valence-electron chi connectivity index (χ1n) is 12.2. The molecular formula is C27H29ClN6O3. The maximum absolute atomic E-state index is 12.4. The van der Waals surface area contributed by atoms with Crippen LogP contribution in [0.2, 0.25) is 5.02 Å². The number of rotatable bonds is 8. The van der Waals surface area contributed by atoms with Gasteiger partial charge in [0, 0.05) is 36.0 Å². The third-order valence-corrected chi connectivity index (χ3v) is 6.46. The van der Waals surface area contributed by atoms with E-state index in [0.717, 1.165) is 67.0 Å². The largest absolute Gasteiger partial charge is 0.491 e. The number of aromatic amines is 1. The molecule has 0 aliphatic carbocycles. The summed E-state index contributed by atoms with van der Waals surface area (Å²) in [6, 6.07) is 18.1. The minimum absolute atomic E-state index is 0.355. The van der Waals surface area contributed by atoms with E-state index in [1.54, 1.807) is 24.3 Å². The Morgan fingerprint density at radius 1 is 1.08 bits per heavy atom. The number of H-pyrrole nitrogens is 1. The first kappa shape index (κ1) is 24.9. The molecular weight excluding hydrogens is 492 g/mol. The molecule has 1 aliphatic heterocycles. The maximum Gasteiger partial charge on any atom is 0.323 e. The number of anilines is 3. The molecule has 1 saturated heterocycles. The number of ether oxygens (including phenoxy) is 2. The number of nitrogens with one attached hydrogen (secondary N) is 3. The van der Waals surface area contributed by atoms with Crippen molar-refractivity contribution in [1.29, 1.82) is 0 Å². The van der Waals surface area contributed by atoms with Gasteiger partial charge < -0.3 is 25.8 Å². The highest BCUT2D eigenvalue weighted by Crippen LogP contribution is 2.37. The van der Waals surface area contributed by atoms with Crippen LogP contribution in [0.3, 0.4) is 0 Å². The van der Waals surface area contributed by atoms with E-state index in [4.69, 9.17) is 26.8 Å². The Morgan fingerprint density at radius 3 is 2.65 bits per heavy atom. The van der Waals surface area contributed by atoms with Crippen LogP contribution < -0.4 is 21.1 Å². The first-order chi connectivity index (χ1) is 18.1. The highest BCUT2D eigenvalue weighted by Gasteiger charge is 2.15. The molecule has 192 valence electrons. The van der Waals surface area contributed by atoms with Gasteiger partial charge in [-0.1, -0.05) is 29.8 Å². The Balaban J connectivity index is 1.24. The van der Waals surface area contributed by atoms with Crippen LogP contribution in [0.5, 0.6) is 5.75 Å². The number of amides is 2. The van der Waals surface area contributed by atoms with Crippen molar-refractivity contribution in [1.82, 2.24) is 15.1 Å². The van der Waals surface area contributed by atoms with Crippen LogP contribution in [0, 0.1) is 0 Å². The van der Waals surface area contributed by atoms with Gasteiger partial charge in [0.25, 0.3) is 0 Å². The molecule has 2 heterocycles. The van der Waals surface area contributed by atoms with E-state index < -0.39 is 0 Å². The predicted molar refractivity (Wildman–Crippen MR) is 147 cm³/mol. The van der Waals surface area contributed by atoms with Crippen molar-refractivity contribution in [3.63, 3.8) is 0 Å². The zero-order chi connectivity index (χ0) is 25.6. The number of urea groups is 1. The number of benzene rings is 3. The van der Waals surface area contributed by atoms with Crippen molar-refractivity contribution >= 4 is 45.7 Å². The van der Waals surface area contributed by atoms with Crippen molar-refractivity contribution in [2.24, 2.45) is 0 Å². The van der Waals surface area contributed by atoms with Gasteiger partial charge in [0.05, 0.1) is 25.2 Å². The number of carbonyl (C=O) groups is 1. The van der Waals surface area contributed by atoms with Crippen LogP contribution in [0.1, 0.15) is 6.42 Å². The topological polar surface area (TPSA) is 118 Å². The Bertz CT molecular complexity index is 1370. The summed E-state index contributed by atoms with van der Waals surface area (Å²) in [4.78, 5) is 14.7. The molecule has 0 radical (unpaired) electrons. The number of nitrogens with zero attached hydrogens (tertiary/aromatic N) is 2. The summed E-state index contributed by atoms with van der Waals surface area (Å²) in [6.45, 7) is 5.11. The van der Waals surface area contributed by atoms with Crippen molar-refractivity contribution in [3.8, 4) is 16.9 Å². The zero-order valence-corrected chi connectivity index (χ0v) is 21.1. The zero-order valence-electron chi connectivity index (χ0n) is 20.3. The summed E-state index contributed by atoms with van der Waals surface area (Å²) in [5, 5.41) is 14.2. The van der Waals surface area contributed by atoms with Gasteiger partial charge in [-0.2, -0.15) is 5.10 Å². The molecule has 4 aromatic rings. The maximum atomic E-state index is 12.4. The van der Waals surface area contributed by atoms with E-state index in [2.05, 4.69) is 25.7 Å². The van der Waals surface area contributed by atoms with E-state index in [0.29, 0.717) is 28.8 Å². The van der Waals surface area contributed by atoms with Gasteiger partial charge in [0.15, 0.2) is 5.82 Å². The molecule has 0 unspecified atom stereocenters. The summed E-state index contributed by atoms with van der Waals surface area (Å²) < 4.78 is 11.5. The number of hydrogen-bond donors (Lipinski definition) is 4. The van der Waals surface area contributed by atoms with E-state index in [1.807, 2.05) is 36.4 Å². The Morgan fingerprint density at radius 2 is 1.86 bits per heavy atom. The monoisotopic (exact) mass is 520 g/mol. The number of halogens is 1. The average Bonchev–Trinajstić information content (AvgIpc) is 3.30. The molecule has 2 amide bonds. The lowest BCUT2D eigenvalue weighted by molar-refractivity contribution is 0.0358. The van der Waals surface area contributed by atoms with Crippen molar-refractivity contribution in [3.05, 3.63) is 65.7 Å². The average molecular weight is 521 g/mol. The van der Waals surface area contributed by atoms with Gasteiger partial charge in [0.1, 0.15) is 11.3 Å². The predicted octanol–water partition coefficient (Wildman–Crippen LogP) is 5.21. The van der Waals surface area contributed by atoms with Crippen molar-refractivity contribution in [2.45, 2.75) is 6.42 Å².